The third-order valence-electron chi connectivity index (χ3n) is 4.95. The standard InChI is InChI=1S/C21H32N6O/c1-3-22-21(24-15-18(2)26-11-13-28-14-12-26)25-16-20-23-9-10-27(20)17-19-7-5-4-6-8-19/h4-10,18H,3,11-17H2,1-2H3,(H2,22,24,25). The second kappa shape index (κ2) is 10.8. The zero-order valence-electron chi connectivity index (χ0n) is 17.0. The molecule has 28 heavy (non-hydrogen) atoms. The zero-order valence-corrected chi connectivity index (χ0v) is 17.0. The number of nitrogens with zero attached hydrogens (tertiary/aromatic N) is 4. The van der Waals surface area contributed by atoms with Crippen LogP contribution < -0.4 is 10.6 Å². The number of aliphatic imine (C=N–C) groups is 1. The van der Waals surface area contributed by atoms with Crippen molar-refractivity contribution in [1.82, 2.24) is 25.1 Å². The fourth-order valence-corrected chi connectivity index (χ4v) is 3.30. The van der Waals surface area contributed by atoms with Crippen molar-refractivity contribution in [3.63, 3.8) is 0 Å². The highest BCUT2D eigenvalue weighted by Crippen LogP contribution is 2.07. The van der Waals surface area contributed by atoms with Crippen LogP contribution in [0.2, 0.25) is 0 Å². The van der Waals surface area contributed by atoms with Gasteiger partial charge in [0.05, 0.1) is 13.2 Å². The van der Waals surface area contributed by atoms with Crippen LogP contribution in [0.15, 0.2) is 47.7 Å². The van der Waals surface area contributed by atoms with Gasteiger partial charge in [0.1, 0.15) is 12.4 Å². The Morgan fingerprint density at radius 3 is 2.75 bits per heavy atom. The largest absolute Gasteiger partial charge is 0.379 e. The molecule has 1 saturated heterocycles. The van der Waals surface area contributed by atoms with Crippen LogP contribution in [0.1, 0.15) is 25.2 Å². The van der Waals surface area contributed by atoms with Crippen LogP contribution in [0, 0.1) is 0 Å². The predicted octanol–water partition coefficient (Wildman–Crippen LogP) is 1.71. The first kappa shape index (κ1) is 20.4. The minimum atomic E-state index is 0.438. The van der Waals surface area contributed by atoms with Crippen molar-refractivity contribution in [1.29, 1.82) is 0 Å². The van der Waals surface area contributed by atoms with Crippen LogP contribution >= 0.6 is 0 Å². The molecule has 1 aromatic heterocycles. The quantitative estimate of drug-likeness (QED) is 0.536. The molecule has 0 saturated carbocycles. The van der Waals surface area contributed by atoms with Gasteiger partial charge in [-0.1, -0.05) is 30.3 Å². The Morgan fingerprint density at radius 1 is 1.21 bits per heavy atom. The van der Waals surface area contributed by atoms with Gasteiger partial charge in [-0.15, -0.1) is 0 Å². The smallest absolute Gasteiger partial charge is 0.191 e. The van der Waals surface area contributed by atoms with E-state index in [-0.39, 0.29) is 0 Å². The molecule has 1 fully saturated rings. The molecule has 7 heteroatoms. The molecule has 3 rings (SSSR count). The molecule has 0 spiro atoms. The lowest BCUT2D eigenvalue weighted by molar-refractivity contribution is 0.0211. The minimum Gasteiger partial charge on any atom is -0.379 e. The van der Waals surface area contributed by atoms with Gasteiger partial charge in [0, 0.05) is 51.2 Å². The van der Waals surface area contributed by atoms with Crippen LogP contribution in [-0.2, 0) is 17.8 Å². The van der Waals surface area contributed by atoms with Crippen molar-refractivity contribution in [2.24, 2.45) is 4.99 Å². The number of morpholine rings is 1. The first-order valence-electron chi connectivity index (χ1n) is 10.1. The average Bonchev–Trinajstić information content (AvgIpc) is 3.18. The van der Waals surface area contributed by atoms with Crippen molar-refractivity contribution in [3.8, 4) is 0 Å². The van der Waals surface area contributed by atoms with Gasteiger partial charge in [-0.25, -0.2) is 9.98 Å². The van der Waals surface area contributed by atoms with Crippen LogP contribution in [0.3, 0.4) is 0 Å². The number of hydrogen-bond acceptors (Lipinski definition) is 4. The van der Waals surface area contributed by atoms with Crippen molar-refractivity contribution >= 4 is 5.96 Å². The van der Waals surface area contributed by atoms with Crippen molar-refractivity contribution in [2.75, 3.05) is 39.4 Å². The number of aromatic nitrogens is 2. The second-order valence-electron chi connectivity index (χ2n) is 7.03. The van der Waals surface area contributed by atoms with Gasteiger partial charge >= 0.3 is 0 Å². The summed E-state index contributed by atoms with van der Waals surface area (Å²) < 4.78 is 7.59. The average molecular weight is 385 g/mol. The fourth-order valence-electron chi connectivity index (χ4n) is 3.30. The number of ether oxygens (including phenoxy) is 1. The molecule has 152 valence electrons. The van der Waals surface area contributed by atoms with E-state index in [1.54, 1.807) is 0 Å². The molecule has 0 aliphatic carbocycles. The van der Waals surface area contributed by atoms with E-state index in [0.717, 1.165) is 57.7 Å². The van der Waals surface area contributed by atoms with E-state index < -0.39 is 0 Å². The second-order valence-corrected chi connectivity index (χ2v) is 7.03. The first-order valence-corrected chi connectivity index (χ1v) is 10.1. The summed E-state index contributed by atoms with van der Waals surface area (Å²) in [4.78, 5) is 11.7. The highest BCUT2D eigenvalue weighted by molar-refractivity contribution is 5.79. The molecule has 0 radical (unpaired) electrons. The highest BCUT2D eigenvalue weighted by Gasteiger charge is 2.17. The number of nitrogens with one attached hydrogen (secondary N) is 2. The predicted molar refractivity (Wildman–Crippen MR) is 112 cm³/mol. The monoisotopic (exact) mass is 384 g/mol. The Morgan fingerprint density at radius 2 is 2.00 bits per heavy atom. The SMILES string of the molecule is CCNC(=NCc1nccn1Cc1ccccc1)NCC(C)N1CCOCC1. The van der Waals surface area contributed by atoms with E-state index in [1.807, 2.05) is 18.5 Å². The highest BCUT2D eigenvalue weighted by atomic mass is 16.5. The third kappa shape index (κ3) is 6.07. The maximum Gasteiger partial charge on any atom is 0.191 e. The summed E-state index contributed by atoms with van der Waals surface area (Å²) in [6.07, 6.45) is 3.85. The Balaban J connectivity index is 1.56. The first-order chi connectivity index (χ1) is 13.8. The number of rotatable bonds is 8. The number of guanidine groups is 1. The fraction of sp³-hybridized carbons (Fsp3) is 0.524. The van der Waals surface area contributed by atoms with Gasteiger partial charge < -0.3 is 19.9 Å². The molecular weight excluding hydrogens is 352 g/mol. The molecule has 7 nitrogen and oxygen atoms in total. The van der Waals surface area contributed by atoms with E-state index in [9.17, 15) is 0 Å². The van der Waals surface area contributed by atoms with Crippen molar-refractivity contribution in [3.05, 3.63) is 54.1 Å². The lowest BCUT2D eigenvalue weighted by Gasteiger charge is -2.32. The summed E-state index contributed by atoms with van der Waals surface area (Å²) in [6, 6.07) is 10.9. The van der Waals surface area contributed by atoms with Gasteiger partial charge in [0.2, 0.25) is 0 Å². The summed E-state index contributed by atoms with van der Waals surface area (Å²) in [6.45, 7) is 11.0. The maximum atomic E-state index is 5.44. The van der Waals surface area contributed by atoms with E-state index >= 15 is 0 Å². The lowest BCUT2D eigenvalue weighted by Crippen LogP contribution is -2.49. The van der Waals surface area contributed by atoms with E-state index in [1.165, 1.54) is 5.56 Å². The molecule has 2 heterocycles. The maximum absolute atomic E-state index is 5.44. The van der Waals surface area contributed by atoms with Gasteiger partial charge in [-0.2, -0.15) is 0 Å². The van der Waals surface area contributed by atoms with Gasteiger partial charge in [0.15, 0.2) is 5.96 Å². The van der Waals surface area contributed by atoms with Gasteiger partial charge in [0.25, 0.3) is 0 Å². The number of hydrogen-bond donors (Lipinski definition) is 2. The van der Waals surface area contributed by atoms with Gasteiger partial charge in [-0.05, 0) is 19.4 Å². The summed E-state index contributed by atoms with van der Waals surface area (Å²) in [7, 11) is 0. The molecule has 1 aliphatic heterocycles. The number of imidazole rings is 1. The summed E-state index contributed by atoms with van der Waals surface area (Å²) in [5, 5.41) is 6.80. The summed E-state index contributed by atoms with van der Waals surface area (Å²) in [5.41, 5.74) is 1.26. The van der Waals surface area contributed by atoms with E-state index in [2.05, 4.69) is 63.2 Å². The molecular formula is C21H32N6O. The van der Waals surface area contributed by atoms with Crippen LogP contribution in [0.5, 0.6) is 0 Å². The third-order valence-corrected chi connectivity index (χ3v) is 4.95. The van der Waals surface area contributed by atoms with Crippen molar-refractivity contribution in [2.45, 2.75) is 33.0 Å². The molecule has 1 aliphatic rings. The molecule has 0 bridgehead atoms. The van der Waals surface area contributed by atoms with Crippen LogP contribution in [-0.4, -0.2) is 65.8 Å². The van der Waals surface area contributed by atoms with Crippen LogP contribution in [0.4, 0.5) is 0 Å². The van der Waals surface area contributed by atoms with E-state index in [4.69, 9.17) is 9.73 Å². The number of benzene rings is 1. The minimum absolute atomic E-state index is 0.438. The molecule has 1 unspecified atom stereocenters. The summed E-state index contributed by atoms with van der Waals surface area (Å²) in [5.74, 6) is 1.79. The normalized spacial score (nSPS) is 16.7. The Kier molecular flexibility index (Phi) is 7.87. The Hall–Kier alpha value is -2.38. The zero-order chi connectivity index (χ0) is 19.6. The molecule has 1 atom stereocenters. The molecule has 2 N–H and O–H groups in total. The summed E-state index contributed by atoms with van der Waals surface area (Å²) >= 11 is 0. The Labute approximate surface area is 167 Å². The van der Waals surface area contributed by atoms with Crippen molar-refractivity contribution < 1.29 is 4.74 Å². The lowest BCUT2D eigenvalue weighted by atomic mass is 10.2. The molecule has 2 aromatic rings. The van der Waals surface area contributed by atoms with E-state index in [0.29, 0.717) is 12.6 Å². The Bertz CT molecular complexity index is 724. The molecule has 0 amide bonds. The topological polar surface area (TPSA) is 66.7 Å². The van der Waals surface area contributed by atoms with Gasteiger partial charge in [-0.3, -0.25) is 4.90 Å². The van der Waals surface area contributed by atoms with Crippen LogP contribution in [0.25, 0.3) is 0 Å². The molecule has 1 aromatic carbocycles.